The van der Waals surface area contributed by atoms with Crippen LogP contribution in [0.4, 0.5) is 32.4 Å². The zero-order valence-corrected chi connectivity index (χ0v) is 23.3. The number of benzene rings is 1. The Labute approximate surface area is 246 Å². The summed E-state index contributed by atoms with van der Waals surface area (Å²) >= 11 is 6.30. The van der Waals surface area contributed by atoms with Gasteiger partial charge >= 0.3 is 12.2 Å². The van der Waals surface area contributed by atoms with Crippen LogP contribution in [0.3, 0.4) is 0 Å². The number of hydrogen-bond acceptors (Lipinski definition) is 5. The largest absolute Gasteiger partial charge is 0.435 e. The van der Waals surface area contributed by atoms with Gasteiger partial charge in [0.2, 0.25) is 0 Å². The monoisotopic (exact) mass is 628 g/mol. The van der Waals surface area contributed by atoms with E-state index in [1.54, 1.807) is 0 Å². The fourth-order valence-corrected chi connectivity index (χ4v) is 5.30. The molecule has 2 atom stereocenters. The molecule has 43 heavy (non-hydrogen) atoms. The molecule has 0 radical (unpaired) electrons. The predicted octanol–water partition coefficient (Wildman–Crippen LogP) is 4.31. The summed E-state index contributed by atoms with van der Waals surface area (Å²) in [5.74, 6) is -4.65. The Morgan fingerprint density at radius 1 is 1.21 bits per heavy atom. The number of nitrogens with zero attached hydrogens (tertiary/aromatic N) is 5. The number of aromatic nitrogens is 4. The highest BCUT2D eigenvalue weighted by Gasteiger charge is 2.59. The lowest BCUT2D eigenvalue weighted by Gasteiger charge is -2.31. The first-order valence-electron chi connectivity index (χ1n) is 13.2. The molecule has 2 aromatic heterocycles. The van der Waals surface area contributed by atoms with Crippen LogP contribution in [0.1, 0.15) is 52.0 Å². The SMILES string of the molecule is Cn1c(-c2cn(C3CC3(F)F)nc2C(F)(F)F)cnc1C(=O)Nc1ccc(C(=O)NCC2CCCN(C(N)=O)C2)c(Cl)c1. The second-order valence-corrected chi connectivity index (χ2v) is 10.9. The Kier molecular flexibility index (Phi) is 7.83. The Morgan fingerprint density at radius 3 is 2.56 bits per heavy atom. The molecule has 4 amide bonds. The zero-order chi connectivity index (χ0) is 31.3. The summed E-state index contributed by atoms with van der Waals surface area (Å²) in [5.41, 5.74) is 3.62. The summed E-state index contributed by atoms with van der Waals surface area (Å²) in [5, 5.41) is 8.70. The van der Waals surface area contributed by atoms with E-state index >= 15 is 0 Å². The molecule has 1 aliphatic carbocycles. The minimum atomic E-state index is -4.94. The summed E-state index contributed by atoms with van der Waals surface area (Å²) < 4.78 is 69.8. The number of piperidine rings is 1. The smallest absolute Gasteiger partial charge is 0.352 e. The number of nitrogens with two attached hydrogens (primary N) is 1. The van der Waals surface area contributed by atoms with Gasteiger partial charge in [-0.15, -0.1) is 0 Å². The number of nitrogens with one attached hydrogen (secondary N) is 2. The molecule has 1 saturated heterocycles. The van der Waals surface area contributed by atoms with Crippen molar-refractivity contribution in [2.75, 3.05) is 25.0 Å². The van der Waals surface area contributed by atoms with Crippen LogP contribution < -0.4 is 16.4 Å². The Balaban J connectivity index is 1.27. The van der Waals surface area contributed by atoms with E-state index in [4.69, 9.17) is 17.3 Å². The van der Waals surface area contributed by atoms with Crippen molar-refractivity contribution in [1.29, 1.82) is 0 Å². The van der Waals surface area contributed by atoms with Crippen molar-refractivity contribution in [2.24, 2.45) is 18.7 Å². The fraction of sp³-hybridized carbons (Fsp3) is 0.423. The van der Waals surface area contributed by atoms with Crippen molar-refractivity contribution < 1.29 is 36.3 Å². The van der Waals surface area contributed by atoms with Crippen molar-refractivity contribution in [1.82, 2.24) is 29.5 Å². The third-order valence-corrected chi connectivity index (χ3v) is 7.75. The molecule has 2 aliphatic rings. The average molecular weight is 629 g/mol. The van der Waals surface area contributed by atoms with Gasteiger partial charge in [0.15, 0.2) is 11.5 Å². The maximum atomic E-state index is 13.7. The molecule has 1 saturated carbocycles. The Bertz CT molecular complexity index is 1590. The van der Waals surface area contributed by atoms with E-state index in [9.17, 15) is 36.3 Å². The highest BCUT2D eigenvalue weighted by Crippen LogP contribution is 2.53. The van der Waals surface area contributed by atoms with Crippen molar-refractivity contribution in [3.05, 3.63) is 52.7 Å². The molecule has 1 aliphatic heterocycles. The molecule has 3 heterocycles. The molecule has 11 nitrogen and oxygen atoms in total. The van der Waals surface area contributed by atoms with E-state index in [1.165, 1.54) is 30.1 Å². The molecule has 2 unspecified atom stereocenters. The summed E-state index contributed by atoms with van der Waals surface area (Å²) in [6.45, 7) is 1.30. The lowest BCUT2D eigenvalue weighted by Crippen LogP contribution is -2.45. The van der Waals surface area contributed by atoms with Gasteiger partial charge < -0.3 is 25.8 Å². The molecule has 3 aromatic rings. The number of hydrogen-bond donors (Lipinski definition) is 3. The maximum absolute atomic E-state index is 13.7. The number of alkyl halides is 5. The molecular formula is C26H26ClF5N8O3. The minimum absolute atomic E-state index is 0.0253. The van der Waals surface area contributed by atoms with Crippen molar-refractivity contribution in [2.45, 2.75) is 37.4 Å². The van der Waals surface area contributed by atoms with Crippen LogP contribution in [0.5, 0.6) is 0 Å². The first kappa shape index (κ1) is 30.3. The van der Waals surface area contributed by atoms with Crippen LogP contribution in [0.15, 0.2) is 30.6 Å². The first-order chi connectivity index (χ1) is 20.2. The number of anilines is 1. The quantitative estimate of drug-likeness (QED) is 0.335. The van der Waals surface area contributed by atoms with E-state index in [0.717, 1.165) is 29.8 Å². The highest BCUT2D eigenvalue weighted by molar-refractivity contribution is 6.34. The van der Waals surface area contributed by atoms with Crippen LogP contribution in [-0.2, 0) is 13.2 Å². The summed E-state index contributed by atoms with van der Waals surface area (Å²) in [7, 11) is 1.30. The number of rotatable bonds is 7. The number of likely N-dealkylation sites (tertiary alicyclic amines) is 1. The maximum Gasteiger partial charge on any atom is 0.435 e. The molecule has 2 fully saturated rings. The van der Waals surface area contributed by atoms with Crippen LogP contribution in [0, 0.1) is 5.92 Å². The highest BCUT2D eigenvalue weighted by atomic mass is 35.5. The Morgan fingerprint density at radius 2 is 1.93 bits per heavy atom. The Hall–Kier alpha value is -4.21. The van der Waals surface area contributed by atoms with Gasteiger partial charge in [-0.25, -0.2) is 18.6 Å². The predicted molar refractivity (Wildman–Crippen MR) is 144 cm³/mol. The molecule has 4 N–H and O–H groups in total. The molecule has 230 valence electrons. The van der Waals surface area contributed by atoms with Crippen molar-refractivity contribution >= 4 is 35.1 Å². The van der Waals surface area contributed by atoms with Gasteiger partial charge in [0.1, 0.15) is 6.04 Å². The van der Waals surface area contributed by atoms with Gasteiger partial charge in [-0.2, -0.15) is 18.3 Å². The van der Waals surface area contributed by atoms with Gasteiger partial charge in [-0.05, 0) is 37.0 Å². The molecule has 5 rings (SSSR count). The van der Waals surface area contributed by atoms with E-state index in [0.29, 0.717) is 24.3 Å². The molecule has 0 spiro atoms. The van der Waals surface area contributed by atoms with Crippen LogP contribution in [-0.4, -0.2) is 67.6 Å². The number of amides is 4. The van der Waals surface area contributed by atoms with Gasteiger partial charge in [-0.3, -0.25) is 14.3 Å². The van der Waals surface area contributed by atoms with Crippen LogP contribution in [0.25, 0.3) is 11.3 Å². The number of halogens is 6. The fourth-order valence-electron chi connectivity index (χ4n) is 5.03. The van der Waals surface area contributed by atoms with Crippen LogP contribution in [0.2, 0.25) is 5.02 Å². The number of carbonyl (C=O) groups excluding carboxylic acids is 3. The summed E-state index contributed by atoms with van der Waals surface area (Å²) in [6.07, 6.45) is -2.09. The van der Waals surface area contributed by atoms with Crippen molar-refractivity contribution in [3.63, 3.8) is 0 Å². The molecule has 0 bridgehead atoms. The summed E-state index contributed by atoms with van der Waals surface area (Å²) in [6, 6.07) is 2.15. The van der Waals surface area contributed by atoms with Gasteiger partial charge in [-0.1, -0.05) is 11.6 Å². The van der Waals surface area contributed by atoms with E-state index in [1.807, 2.05) is 0 Å². The molecular weight excluding hydrogens is 603 g/mol. The van der Waals surface area contributed by atoms with Gasteiger partial charge in [0.25, 0.3) is 17.7 Å². The number of primary amides is 1. The summed E-state index contributed by atoms with van der Waals surface area (Å²) in [4.78, 5) is 42.5. The van der Waals surface area contributed by atoms with E-state index < -0.39 is 53.7 Å². The minimum Gasteiger partial charge on any atom is -0.352 e. The second kappa shape index (κ2) is 11.1. The van der Waals surface area contributed by atoms with Crippen molar-refractivity contribution in [3.8, 4) is 11.3 Å². The number of imidazole rings is 1. The average Bonchev–Trinajstić information content (AvgIpc) is 3.24. The van der Waals surface area contributed by atoms with Gasteiger partial charge in [0, 0.05) is 45.0 Å². The lowest BCUT2D eigenvalue weighted by atomic mass is 9.98. The zero-order valence-electron chi connectivity index (χ0n) is 22.6. The molecule has 1 aromatic carbocycles. The second-order valence-electron chi connectivity index (χ2n) is 10.5. The topological polar surface area (TPSA) is 140 Å². The molecule has 17 heteroatoms. The van der Waals surface area contributed by atoms with Gasteiger partial charge in [0.05, 0.1) is 28.0 Å². The number of urea groups is 1. The standard InChI is InChI=1S/C26H26ClF5N8O3/c1-38-18(16-12-40(19-8-25(19,28)29)37-20(16)26(30,31)32)10-34-21(38)23(42)36-14-4-5-15(17(27)7-14)22(41)35-9-13-3-2-6-39(11-13)24(33)43/h4-5,7,10,12-13,19H,2-3,6,8-9,11H2,1H3,(H2,33,43)(H,35,41)(H,36,42). The van der Waals surface area contributed by atoms with Crippen LogP contribution >= 0.6 is 11.6 Å². The normalized spacial score (nSPS) is 19.7. The third kappa shape index (κ3) is 6.28. The lowest BCUT2D eigenvalue weighted by molar-refractivity contribution is -0.141. The third-order valence-electron chi connectivity index (χ3n) is 7.43. The number of carbonyl (C=O) groups is 3. The van der Waals surface area contributed by atoms with E-state index in [2.05, 4.69) is 20.7 Å². The first-order valence-corrected chi connectivity index (χ1v) is 13.5. The van der Waals surface area contributed by atoms with E-state index in [-0.39, 0.29) is 33.7 Å².